The number of aromatic nitrogens is 1. The number of para-hydroxylation sites is 1. The molecule has 162 valence electrons. The van der Waals surface area contributed by atoms with E-state index in [1.807, 2.05) is 37.3 Å². The smallest absolute Gasteiger partial charge is 0.246 e. The lowest BCUT2D eigenvalue weighted by Crippen LogP contribution is -2.24. The second-order valence-electron chi connectivity index (χ2n) is 7.54. The van der Waals surface area contributed by atoms with Gasteiger partial charge in [0.05, 0.1) is 12.6 Å². The van der Waals surface area contributed by atoms with Crippen LogP contribution in [0.25, 0.3) is 17.0 Å². The van der Waals surface area contributed by atoms with E-state index in [1.54, 1.807) is 31.3 Å². The summed E-state index contributed by atoms with van der Waals surface area (Å²) in [5.41, 5.74) is 9.31. The molecule has 0 aliphatic rings. The fraction of sp³-hybridized carbons (Fsp3) is 0.292. The Bertz CT molecular complexity index is 1100. The highest BCUT2D eigenvalue weighted by molar-refractivity contribution is 5.91. The number of nitrogens with zero attached hydrogens (tertiary/aromatic N) is 2. The van der Waals surface area contributed by atoms with E-state index in [2.05, 4.69) is 10.3 Å². The molecule has 1 atom stereocenters. The molecule has 3 rings (SSSR count). The van der Waals surface area contributed by atoms with Crippen LogP contribution in [0.2, 0.25) is 0 Å². The molecule has 0 aliphatic heterocycles. The highest BCUT2D eigenvalue weighted by Gasteiger charge is 2.14. The molecule has 0 aliphatic carbocycles. The number of hydrogen-bond acceptors (Lipinski definition) is 6. The number of pyridine rings is 1. The van der Waals surface area contributed by atoms with Gasteiger partial charge < -0.3 is 25.2 Å². The molecule has 0 saturated heterocycles. The number of fused-ring (bicyclic) bond motifs is 1. The topological polar surface area (TPSA) is 101 Å². The third-order valence-corrected chi connectivity index (χ3v) is 5.26. The minimum atomic E-state index is -0.499. The molecule has 0 unspecified atom stereocenters. The van der Waals surface area contributed by atoms with E-state index in [-0.39, 0.29) is 5.91 Å². The van der Waals surface area contributed by atoms with Crippen LogP contribution in [0.4, 0.5) is 5.82 Å². The quantitative estimate of drug-likeness (QED) is 0.407. The molecule has 0 spiro atoms. The van der Waals surface area contributed by atoms with E-state index in [1.165, 1.54) is 6.08 Å². The molecule has 2 aromatic heterocycles. The van der Waals surface area contributed by atoms with Crippen molar-refractivity contribution < 1.29 is 14.0 Å². The van der Waals surface area contributed by atoms with Crippen molar-refractivity contribution in [2.45, 2.75) is 32.4 Å². The predicted octanol–water partition coefficient (Wildman–Crippen LogP) is 3.31. The number of carbonyl (C=O) groups excluding carboxylic acids is 2. The zero-order chi connectivity index (χ0) is 22.4. The number of aldehydes is 1. The Morgan fingerprint density at radius 2 is 2.13 bits per heavy atom. The number of aryl methyl sites for hydroxylation is 2. The van der Waals surface area contributed by atoms with Gasteiger partial charge >= 0.3 is 0 Å². The maximum absolute atomic E-state index is 12.6. The fourth-order valence-corrected chi connectivity index (χ4v) is 3.39. The van der Waals surface area contributed by atoms with E-state index < -0.39 is 6.04 Å². The molecule has 0 bridgehead atoms. The second kappa shape index (κ2) is 10.0. The first-order chi connectivity index (χ1) is 14.9. The molecule has 0 radical (unpaired) electrons. The highest BCUT2D eigenvalue weighted by Crippen LogP contribution is 2.25. The third-order valence-electron chi connectivity index (χ3n) is 5.26. The number of nitrogens with one attached hydrogen (secondary N) is 1. The number of amides is 1. The number of carbonyl (C=O) groups is 2. The van der Waals surface area contributed by atoms with Gasteiger partial charge in [0.2, 0.25) is 5.91 Å². The van der Waals surface area contributed by atoms with Gasteiger partial charge in [-0.2, -0.15) is 0 Å². The summed E-state index contributed by atoms with van der Waals surface area (Å²) in [5, 5.41) is 4.10. The Morgan fingerprint density at radius 1 is 1.35 bits per heavy atom. The minimum absolute atomic E-state index is 0.137. The number of rotatable bonds is 9. The summed E-state index contributed by atoms with van der Waals surface area (Å²) in [6.45, 7) is 2.39. The van der Waals surface area contributed by atoms with E-state index in [4.69, 9.17) is 10.2 Å². The van der Waals surface area contributed by atoms with E-state index >= 15 is 0 Å². The zero-order valence-electron chi connectivity index (χ0n) is 18.1. The summed E-state index contributed by atoms with van der Waals surface area (Å²) in [6, 6.07) is 9.29. The lowest BCUT2D eigenvalue weighted by molar-refractivity contribution is -0.125. The summed E-state index contributed by atoms with van der Waals surface area (Å²) in [7, 11) is 3.54. The first-order valence-corrected chi connectivity index (χ1v) is 10.2. The minimum Gasteiger partial charge on any atom is -0.459 e. The lowest BCUT2D eigenvalue weighted by Gasteiger charge is -2.14. The summed E-state index contributed by atoms with van der Waals surface area (Å²) >= 11 is 0. The first kappa shape index (κ1) is 22.2. The summed E-state index contributed by atoms with van der Waals surface area (Å²) in [6.07, 6.45) is 6.85. The molecule has 3 N–H and O–H groups in total. The van der Waals surface area contributed by atoms with Gasteiger partial charge in [0.1, 0.15) is 23.4 Å². The highest BCUT2D eigenvalue weighted by atomic mass is 16.3. The standard InChI is InChI=1S/C24H28N4O3/c1-16-20-6-4-5-7-21(20)31-22(16)14-28(3)23(30)11-8-17-12-18(9-10-19(25)15-29)24(26-2)27-13-17/h4-8,11-13,15,19H,9-10,14,25H2,1-3H3,(H,26,27)/b11-8+/t19-/m0/s1. The number of furan rings is 1. The molecular weight excluding hydrogens is 392 g/mol. The molecule has 3 aromatic rings. The molecule has 7 heteroatoms. The van der Waals surface area contributed by atoms with E-state index in [0.29, 0.717) is 19.4 Å². The van der Waals surface area contributed by atoms with Crippen LogP contribution in [0.15, 0.2) is 47.0 Å². The molecule has 0 fully saturated rings. The van der Waals surface area contributed by atoms with Gasteiger partial charge in [-0.1, -0.05) is 18.2 Å². The van der Waals surface area contributed by atoms with E-state index in [9.17, 15) is 9.59 Å². The van der Waals surface area contributed by atoms with Crippen LogP contribution in [-0.2, 0) is 22.6 Å². The van der Waals surface area contributed by atoms with Crippen molar-refractivity contribution in [2.75, 3.05) is 19.4 Å². The van der Waals surface area contributed by atoms with Gasteiger partial charge in [0, 0.05) is 37.3 Å². The summed E-state index contributed by atoms with van der Waals surface area (Å²) < 4.78 is 5.91. The van der Waals surface area contributed by atoms with Gasteiger partial charge in [0.15, 0.2) is 0 Å². The molecule has 2 heterocycles. The molecule has 1 amide bonds. The van der Waals surface area contributed by atoms with Crippen LogP contribution in [0.1, 0.15) is 28.9 Å². The van der Waals surface area contributed by atoms with Crippen LogP contribution < -0.4 is 11.1 Å². The van der Waals surface area contributed by atoms with Crippen LogP contribution in [0, 0.1) is 6.92 Å². The molecule has 0 saturated carbocycles. The van der Waals surface area contributed by atoms with Crippen molar-refractivity contribution >= 4 is 35.1 Å². The van der Waals surface area contributed by atoms with Crippen molar-refractivity contribution in [3.05, 3.63) is 65.1 Å². The second-order valence-corrected chi connectivity index (χ2v) is 7.54. The number of benzene rings is 1. The van der Waals surface area contributed by atoms with Crippen molar-refractivity contribution in [3.63, 3.8) is 0 Å². The summed E-state index contributed by atoms with van der Waals surface area (Å²) in [4.78, 5) is 29.4. The van der Waals surface area contributed by atoms with Gasteiger partial charge in [-0.15, -0.1) is 0 Å². The Labute approximate surface area is 181 Å². The van der Waals surface area contributed by atoms with Crippen LogP contribution in [0.3, 0.4) is 0 Å². The Kier molecular flexibility index (Phi) is 7.20. The predicted molar refractivity (Wildman–Crippen MR) is 123 cm³/mol. The summed E-state index contributed by atoms with van der Waals surface area (Å²) in [5.74, 6) is 1.38. The Hall–Kier alpha value is -3.45. The van der Waals surface area contributed by atoms with Crippen molar-refractivity contribution in [3.8, 4) is 0 Å². The maximum Gasteiger partial charge on any atom is 0.246 e. The zero-order valence-corrected chi connectivity index (χ0v) is 18.1. The van der Waals surface area contributed by atoms with Gasteiger partial charge in [-0.3, -0.25) is 4.79 Å². The molecule has 1 aromatic carbocycles. The number of likely N-dealkylation sites (N-methyl/N-ethyl adjacent to an activating group) is 1. The molecule has 7 nitrogen and oxygen atoms in total. The average Bonchev–Trinajstić information content (AvgIpc) is 3.10. The third kappa shape index (κ3) is 5.38. The normalized spacial score (nSPS) is 12.3. The van der Waals surface area contributed by atoms with Crippen molar-refractivity contribution in [1.29, 1.82) is 0 Å². The number of nitrogens with two attached hydrogens (primary N) is 1. The average molecular weight is 421 g/mol. The fourth-order valence-electron chi connectivity index (χ4n) is 3.39. The maximum atomic E-state index is 12.6. The van der Waals surface area contributed by atoms with Crippen LogP contribution >= 0.6 is 0 Å². The largest absolute Gasteiger partial charge is 0.459 e. The van der Waals surface area contributed by atoms with Gasteiger partial charge in [-0.05, 0) is 49.1 Å². The number of hydrogen-bond donors (Lipinski definition) is 2. The first-order valence-electron chi connectivity index (χ1n) is 10.2. The van der Waals surface area contributed by atoms with E-state index in [0.717, 1.165) is 45.5 Å². The molecule has 31 heavy (non-hydrogen) atoms. The van der Waals surface area contributed by atoms with Gasteiger partial charge in [-0.25, -0.2) is 4.98 Å². The molecular formula is C24H28N4O3. The monoisotopic (exact) mass is 420 g/mol. The van der Waals surface area contributed by atoms with Crippen molar-refractivity contribution in [2.24, 2.45) is 5.73 Å². The Morgan fingerprint density at radius 3 is 2.84 bits per heavy atom. The van der Waals surface area contributed by atoms with Crippen LogP contribution in [-0.4, -0.2) is 42.2 Å². The number of anilines is 1. The Balaban J connectivity index is 1.69. The van der Waals surface area contributed by atoms with Crippen LogP contribution in [0.5, 0.6) is 0 Å². The van der Waals surface area contributed by atoms with Gasteiger partial charge in [0.25, 0.3) is 0 Å². The SMILES string of the molecule is CNc1ncc(/C=C/C(=O)N(C)Cc2oc3ccccc3c2C)cc1CC[C@H](N)C=O. The van der Waals surface area contributed by atoms with Crippen molar-refractivity contribution in [1.82, 2.24) is 9.88 Å². The lowest BCUT2D eigenvalue weighted by atomic mass is 10.0.